The maximum atomic E-state index is 10.8. The summed E-state index contributed by atoms with van der Waals surface area (Å²) < 4.78 is 8.85. The van der Waals surface area contributed by atoms with Gasteiger partial charge in [0.15, 0.2) is 0 Å². The number of esters is 1. The van der Waals surface area contributed by atoms with Crippen LogP contribution in [0.25, 0.3) is 0 Å². The van der Waals surface area contributed by atoms with Crippen molar-refractivity contribution in [3.05, 3.63) is 0 Å². The highest BCUT2D eigenvalue weighted by atomic mass is 16.5. The molecule has 1 aliphatic carbocycles. The largest absolute Gasteiger partial charge is 0.469 e. The number of carbonyl (C=O) groups is 2. The summed E-state index contributed by atoms with van der Waals surface area (Å²) >= 11 is 0. The second kappa shape index (κ2) is 3.42. The van der Waals surface area contributed by atoms with Crippen molar-refractivity contribution in [3.63, 3.8) is 0 Å². The Morgan fingerprint density at radius 1 is 1.33 bits per heavy atom. The average Bonchev–Trinajstić information content (AvgIpc) is 2.82. The van der Waals surface area contributed by atoms with Crippen LogP contribution in [0, 0.1) is 5.92 Å². The fourth-order valence-corrected chi connectivity index (χ4v) is 0.977. The van der Waals surface area contributed by atoms with Crippen LogP contribution in [0.1, 0.15) is 6.42 Å². The van der Waals surface area contributed by atoms with Crippen LogP contribution in [0.5, 0.6) is 0 Å². The van der Waals surface area contributed by atoms with Gasteiger partial charge in [0.25, 0.3) is 0 Å². The van der Waals surface area contributed by atoms with Gasteiger partial charge in [0.05, 0.1) is 20.1 Å². The normalized spacial score (nSPS) is 25.8. The minimum Gasteiger partial charge on any atom is -0.469 e. The monoisotopic (exact) mass is 173 g/mol. The summed E-state index contributed by atoms with van der Waals surface area (Å²) in [6, 6.07) is -0.107. The predicted octanol–water partition coefficient (Wildman–Crippen LogP) is -0.0961. The number of methoxy groups -OCH3 is 2. The number of hydrogen-bond donors (Lipinski definition) is 1. The van der Waals surface area contributed by atoms with Crippen molar-refractivity contribution in [3.8, 4) is 0 Å². The number of ether oxygens (including phenoxy) is 2. The number of rotatable bonds is 2. The van der Waals surface area contributed by atoms with Gasteiger partial charge < -0.3 is 14.8 Å². The topological polar surface area (TPSA) is 64.6 Å². The molecule has 12 heavy (non-hydrogen) atoms. The van der Waals surface area contributed by atoms with Crippen LogP contribution in [0.2, 0.25) is 0 Å². The van der Waals surface area contributed by atoms with Crippen LogP contribution in [-0.4, -0.2) is 32.3 Å². The molecule has 1 saturated carbocycles. The highest BCUT2D eigenvalue weighted by Crippen LogP contribution is 2.31. The van der Waals surface area contributed by atoms with Gasteiger partial charge in [-0.3, -0.25) is 4.79 Å². The van der Waals surface area contributed by atoms with E-state index in [0.29, 0.717) is 6.42 Å². The molecule has 0 aromatic rings. The van der Waals surface area contributed by atoms with Gasteiger partial charge in [-0.05, 0) is 6.42 Å². The summed E-state index contributed by atoms with van der Waals surface area (Å²) in [6.07, 6.45) is 0.133. The standard InChI is InChI=1S/C7H11NO4/c1-11-6(9)4-3-5(4)8-7(10)12-2/h4-5H,3H2,1-2H3,(H,8,10). The zero-order chi connectivity index (χ0) is 9.14. The van der Waals surface area contributed by atoms with Crippen LogP contribution >= 0.6 is 0 Å². The molecule has 2 unspecified atom stereocenters. The van der Waals surface area contributed by atoms with Crippen LogP contribution in [0.3, 0.4) is 0 Å². The van der Waals surface area contributed by atoms with Gasteiger partial charge in [-0.1, -0.05) is 0 Å². The molecule has 1 rings (SSSR count). The molecular formula is C7H11NO4. The third-order valence-corrected chi connectivity index (χ3v) is 1.78. The van der Waals surface area contributed by atoms with E-state index < -0.39 is 6.09 Å². The Morgan fingerprint density at radius 2 is 2.00 bits per heavy atom. The highest BCUT2D eigenvalue weighted by Gasteiger charge is 2.45. The van der Waals surface area contributed by atoms with Crippen LogP contribution in [0.4, 0.5) is 4.79 Å². The zero-order valence-electron chi connectivity index (χ0n) is 6.99. The Labute approximate surface area is 70.0 Å². The average molecular weight is 173 g/mol. The first-order valence-electron chi connectivity index (χ1n) is 3.61. The molecule has 0 heterocycles. The first kappa shape index (κ1) is 8.83. The zero-order valence-corrected chi connectivity index (χ0v) is 6.99. The number of alkyl carbamates (subject to hydrolysis) is 1. The van der Waals surface area contributed by atoms with E-state index in [9.17, 15) is 9.59 Å². The molecule has 1 fully saturated rings. The van der Waals surface area contributed by atoms with Crippen molar-refractivity contribution in [2.45, 2.75) is 12.5 Å². The van der Waals surface area contributed by atoms with Gasteiger partial charge in [-0.15, -0.1) is 0 Å². The molecule has 1 N–H and O–H groups in total. The first-order chi connectivity index (χ1) is 5.69. The van der Waals surface area contributed by atoms with Gasteiger partial charge in [0.1, 0.15) is 0 Å². The van der Waals surface area contributed by atoms with E-state index in [1.807, 2.05) is 0 Å². The van der Waals surface area contributed by atoms with E-state index in [-0.39, 0.29) is 17.9 Å². The number of carbonyl (C=O) groups excluding carboxylic acids is 2. The summed E-state index contributed by atoms with van der Waals surface area (Å²) in [7, 11) is 2.61. The second-order valence-electron chi connectivity index (χ2n) is 2.61. The summed E-state index contributed by atoms with van der Waals surface area (Å²) in [5.41, 5.74) is 0. The van der Waals surface area contributed by atoms with E-state index >= 15 is 0 Å². The van der Waals surface area contributed by atoms with E-state index in [0.717, 1.165) is 0 Å². The molecular weight excluding hydrogens is 162 g/mol. The Morgan fingerprint density at radius 3 is 2.50 bits per heavy atom. The SMILES string of the molecule is COC(=O)NC1CC1C(=O)OC. The van der Waals surface area contributed by atoms with Crippen molar-refractivity contribution >= 4 is 12.1 Å². The van der Waals surface area contributed by atoms with Gasteiger partial charge in [0.2, 0.25) is 0 Å². The lowest BCUT2D eigenvalue weighted by Gasteiger charge is -2.00. The van der Waals surface area contributed by atoms with E-state index in [1.165, 1.54) is 14.2 Å². The molecule has 0 spiro atoms. The summed E-state index contributed by atoms with van der Waals surface area (Å²) in [5.74, 6) is -0.467. The number of hydrogen-bond acceptors (Lipinski definition) is 4. The molecule has 2 atom stereocenters. The van der Waals surface area contributed by atoms with E-state index in [4.69, 9.17) is 0 Å². The number of nitrogens with one attached hydrogen (secondary N) is 1. The molecule has 68 valence electrons. The van der Waals surface area contributed by atoms with Gasteiger partial charge in [-0.2, -0.15) is 0 Å². The van der Waals surface area contributed by atoms with E-state index in [1.54, 1.807) is 0 Å². The molecule has 1 amide bonds. The lowest BCUT2D eigenvalue weighted by molar-refractivity contribution is -0.142. The summed E-state index contributed by atoms with van der Waals surface area (Å²) in [6.45, 7) is 0. The molecule has 0 aliphatic heterocycles. The highest BCUT2D eigenvalue weighted by molar-refractivity contribution is 5.78. The maximum absolute atomic E-state index is 10.8. The van der Waals surface area contributed by atoms with Crippen LogP contribution < -0.4 is 5.32 Å². The second-order valence-corrected chi connectivity index (χ2v) is 2.61. The maximum Gasteiger partial charge on any atom is 0.407 e. The lowest BCUT2D eigenvalue weighted by Crippen LogP contribution is -2.28. The Bertz CT molecular complexity index is 204. The Balaban J connectivity index is 2.24. The molecule has 0 radical (unpaired) electrons. The molecule has 0 aromatic heterocycles. The van der Waals surface area contributed by atoms with Gasteiger partial charge in [0, 0.05) is 6.04 Å². The van der Waals surface area contributed by atoms with Crippen molar-refractivity contribution in [1.82, 2.24) is 5.32 Å². The fraction of sp³-hybridized carbons (Fsp3) is 0.714. The molecule has 0 saturated heterocycles. The predicted molar refractivity (Wildman–Crippen MR) is 39.5 cm³/mol. The van der Waals surface area contributed by atoms with Gasteiger partial charge >= 0.3 is 12.1 Å². The Kier molecular flexibility index (Phi) is 2.52. The summed E-state index contributed by atoms with van der Waals surface area (Å²) in [4.78, 5) is 21.5. The molecule has 0 bridgehead atoms. The molecule has 0 aromatic carbocycles. The third kappa shape index (κ3) is 1.87. The molecule has 5 nitrogen and oxygen atoms in total. The smallest absolute Gasteiger partial charge is 0.407 e. The summed E-state index contributed by atoms with van der Waals surface area (Å²) in [5, 5.41) is 2.51. The minimum absolute atomic E-state index is 0.107. The van der Waals surface area contributed by atoms with Crippen molar-refractivity contribution < 1.29 is 19.1 Å². The lowest BCUT2D eigenvalue weighted by atomic mass is 10.4. The molecule has 5 heteroatoms. The Hall–Kier alpha value is -1.26. The van der Waals surface area contributed by atoms with Crippen molar-refractivity contribution in [1.29, 1.82) is 0 Å². The number of amides is 1. The van der Waals surface area contributed by atoms with Crippen LogP contribution in [0.15, 0.2) is 0 Å². The third-order valence-electron chi connectivity index (χ3n) is 1.78. The van der Waals surface area contributed by atoms with E-state index in [2.05, 4.69) is 14.8 Å². The fourth-order valence-electron chi connectivity index (χ4n) is 0.977. The van der Waals surface area contributed by atoms with Crippen LogP contribution in [-0.2, 0) is 14.3 Å². The van der Waals surface area contributed by atoms with Gasteiger partial charge in [-0.25, -0.2) is 4.79 Å². The first-order valence-corrected chi connectivity index (χ1v) is 3.61. The van der Waals surface area contributed by atoms with Crippen molar-refractivity contribution in [2.24, 2.45) is 5.92 Å². The quantitative estimate of drug-likeness (QED) is 0.592. The van der Waals surface area contributed by atoms with Crippen molar-refractivity contribution in [2.75, 3.05) is 14.2 Å². The minimum atomic E-state index is -0.508. The molecule has 1 aliphatic rings.